The standard InChI is InChI=1S/C16H16F3NO/c1-9-6-11(15(19)7-14(9)18)16(21)12(8-20)10-4-2-3-5-13(10)17/h2-7,12,16,21H,8,20H2,1H3. The van der Waals surface area contributed by atoms with E-state index in [9.17, 15) is 18.3 Å². The number of aliphatic hydroxyl groups is 1. The van der Waals surface area contributed by atoms with E-state index in [0.29, 0.717) is 6.07 Å². The average molecular weight is 295 g/mol. The molecule has 2 rings (SSSR count). The Balaban J connectivity index is 2.44. The molecule has 0 aliphatic rings. The Bertz CT molecular complexity index is 645. The molecule has 0 aromatic heterocycles. The third kappa shape index (κ3) is 3.09. The minimum Gasteiger partial charge on any atom is -0.388 e. The molecule has 112 valence electrons. The third-order valence-electron chi connectivity index (χ3n) is 3.54. The Morgan fingerprint density at radius 2 is 1.67 bits per heavy atom. The van der Waals surface area contributed by atoms with Gasteiger partial charge in [-0.25, -0.2) is 13.2 Å². The molecule has 0 aliphatic heterocycles. The molecule has 0 amide bonds. The number of nitrogens with two attached hydrogens (primary N) is 1. The van der Waals surface area contributed by atoms with E-state index in [1.165, 1.54) is 31.2 Å². The number of aryl methyl sites for hydroxylation is 1. The lowest BCUT2D eigenvalue weighted by atomic mass is 9.88. The summed E-state index contributed by atoms with van der Waals surface area (Å²) < 4.78 is 41.0. The maximum atomic E-state index is 13.9. The minimum absolute atomic E-state index is 0.0715. The molecule has 0 bridgehead atoms. The van der Waals surface area contributed by atoms with Crippen molar-refractivity contribution < 1.29 is 18.3 Å². The van der Waals surface area contributed by atoms with Gasteiger partial charge in [-0.1, -0.05) is 18.2 Å². The van der Waals surface area contributed by atoms with Crippen LogP contribution in [0.25, 0.3) is 0 Å². The summed E-state index contributed by atoms with van der Waals surface area (Å²) in [6.07, 6.45) is -1.36. The predicted octanol–water partition coefficient (Wildman–Crippen LogP) is 3.19. The van der Waals surface area contributed by atoms with E-state index in [0.717, 1.165) is 0 Å². The molecular weight excluding hydrogens is 279 g/mol. The van der Waals surface area contributed by atoms with Crippen LogP contribution in [-0.2, 0) is 0 Å². The van der Waals surface area contributed by atoms with Crippen LogP contribution >= 0.6 is 0 Å². The number of hydrogen-bond acceptors (Lipinski definition) is 2. The van der Waals surface area contributed by atoms with Crippen molar-refractivity contribution in [2.45, 2.75) is 18.9 Å². The topological polar surface area (TPSA) is 46.2 Å². The van der Waals surface area contributed by atoms with Crippen molar-refractivity contribution >= 4 is 0 Å². The molecule has 2 aromatic carbocycles. The highest BCUT2D eigenvalue weighted by Gasteiger charge is 2.26. The zero-order valence-electron chi connectivity index (χ0n) is 11.5. The van der Waals surface area contributed by atoms with E-state index >= 15 is 0 Å². The Morgan fingerprint density at radius 1 is 1.00 bits per heavy atom. The lowest BCUT2D eigenvalue weighted by Crippen LogP contribution is -2.22. The molecule has 2 nitrogen and oxygen atoms in total. The van der Waals surface area contributed by atoms with Gasteiger partial charge in [0.1, 0.15) is 17.5 Å². The fourth-order valence-electron chi connectivity index (χ4n) is 2.32. The van der Waals surface area contributed by atoms with E-state index in [2.05, 4.69) is 0 Å². The van der Waals surface area contributed by atoms with Crippen molar-refractivity contribution in [3.63, 3.8) is 0 Å². The highest BCUT2D eigenvalue weighted by molar-refractivity contribution is 5.32. The molecule has 3 N–H and O–H groups in total. The van der Waals surface area contributed by atoms with Gasteiger partial charge in [0.15, 0.2) is 0 Å². The second kappa shape index (κ2) is 6.28. The predicted molar refractivity (Wildman–Crippen MR) is 74.3 cm³/mol. The van der Waals surface area contributed by atoms with Gasteiger partial charge >= 0.3 is 0 Å². The van der Waals surface area contributed by atoms with Crippen LogP contribution < -0.4 is 5.73 Å². The second-order valence-corrected chi connectivity index (χ2v) is 4.93. The molecule has 0 saturated heterocycles. The first-order valence-electron chi connectivity index (χ1n) is 6.53. The van der Waals surface area contributed by atoms with E-state index in [1.807, 2.05) is 0 Å². The smallest absolute Gasteiger partial charge is 0.131 e. The molecule has 0 heterocycles. The molecule has 21 heavy (non-hydrogen) atoms. The fraction of sp³-hybridized carbons (Fsp3) is 0.250. The normalized spacial score (nSPS) is 14.0. The van der Waals surface area contributed by atoms with Gasteiger partial charge in [0.05, 0.1) is 6.10 Å². The number of aliphatic hydroxyl groups excluding tert-OH is 1. The van der Waals surface area contributed by atoms with Gasteiger partial charge in [0.25, 0.3) is 0 Å². The van der Waals surface area contributed by atoms with Gasteiger partial charge in [-0.2, -0.15) is 0 Å². The summed E-state index contributed by atoms with van der Waals surface area (Å²) in [5, 5.41) is 10.3. The lowest BCUT2D eigenvalue weighted by molar-refractivity contribution is 0.141. The van der Waals surface area contributed by atoms with Gasteiger partial charge < -0.3 is 10.8 Å². The van der Waals surface area contributed by atoms with Crippen LogP contribution in [0.2, 0.25) is 0 Å². The largest absolute Gasteiger partial charge is 0.388 e. The van der Waals surface area contributed by atoms with Gasteiger partial charge in [0, 0.05) is 24.1 Å². The van der Waals surface area contributed by atoms with Crippen LogP contribution in [0.1, 0.15) is 28.7 Å². The second-order valence-electron chi connectivity index (χ2n) is 4.93. The highest BCUT2D eigenvalue weighted by Crippen LogP contribution is 2.33. The summed E-state index contributed by atoms with van der Waals surface area (Å²) in [5.41, 5.74) is 5.92. The molecule has 2 aromatic rings. The van der Waals surface area contributed by atoms with Gasteiger partial charge in [0.2, 0.25) is 0 Å². The maximum absolute atomic E-state index is 13.9. The Labute approximate surface area is 121 Å². The summed E-state index contributed by atoms with van der Waals surface area (Å²) >= 11 is 0. The van der Waals surface area contributed by atoms with Gasteiger partial charge in [-0.15, -0.1) is 0 Å². The van der Waals surface area contributed by atoms with E-state index in [-0.39, 0.29) is 23.2 Å². The highest BCUT2D eigenvalue weighted by atomic mass is 19.1. The van der Waals surface area contributed by atoms with E-state index < -0.39 is 29.5 Å². The molecule has 2 atom stereocenters. The van der Waals surface area contributed by atoms with Crippen molar-refractivity contribution in [2.24, 2.45) is 5.73 Å². The maximum Gasteiger partial charge on any atom is 0.131 e. The molecule has 0 saturated carbocycles. The van der Waals surface area contributed by atoms with Crippen molar-refractivity contribution in [3.05, 3.63) is 70.5 Å². The summed E-state index contributed by atoms with van der Waals surface area (Å²) in [4.78, 5) is 0. The molecule has 2 unspecified atom stereocenters. The van der Waals surface area contributed by atoms with E-state index in [1.54, 1.807) is 6.07 Å². The molecule has 5 heteroatoms. The summed E-state index contributed by atoms with van der Waals surface area (Å²) in [6, 6.07) is 7.80. The molecule has 0 fully saturated rings. The number of benzene rings is 2. The summed E-state index contributed by atoms with van der Waals surface area (Å²) in [6.45, 7) is 1.39. The Kier molecular flexibility index (Phi) is 4.65. The molecule has 0 spiro atoms. The van der Waals surface area contributed by atoms with Crippen molar-refractivity contribution in [1.82, 2.24) is 0 Å². The van der Waals surface area contributed by atoms with Crippen LogP contribution in [0.5, 0.6) is 0 Å². The quantitative estimate of drug-likeness (QED) is 0.910. The third-order valence-corrected chi connectivity index (χ3v) is 3.54. The van der Waals surface area contributed by atoms with Gasteiger partial charge in [-0.3, -0.25) is 0 Å². The molecule has 0 radical (unpaired) electrons. The van der Waals surface area contributed by atoms with Crippen molar-refractivity contribution in [3.8, 4) is 0 Å². The Hall–Kier alpha value is -1.85. The van der Waals surface area contributed by atoms with Gasteiger partial charge in [-0.05, 0) is 30.2 Å². The van der Waals surface area contributed by atoms with E-state index in [4.69, 9.17) is 5.73 Å². The van der Waals surface area contributed by atoms with Crippen molar-refractivity contribution in [2.75, 3.05) is 6.54 Å². The first-order chi connectivity index (χ1) is 9.95. The SMILES string of the molecule is Cc1cc(C(O)C(CN)c2ccccc2F)c(F)cc1F. The zero-order valence-corrected chi connectivity index (χ0v) is 11.5. The van der Waals surface area contributed by atoms with Crippen LogP contribution in [-0.4, -0.2) is 11.7 Å². The summed E-state index contributed by atoms with van der Waals surface area (Å²) in [7, 11) is 0. The Morgan fingerprint density at radius 3 is 2.29 bits per heavy atom. The molecule has 0 aliphatic carbocycles. The lowest BCUT2D eigenvalue weighted by Gasteiger charge is -2.23. The number of rotatable bonds is 4. The van der Waals surface area contributed by atoms with Crippen LogP contribution in [0.15, 0.2) is 36.4 Å². The van der Waals surface area contributed by atoms with Crippen molar-refractivity contribution in [1.29, 1.82) is 0 Å². The minimum atomic E-state index is -1.36. The fourth-order valence-corrected chi connectivity index (χ4v) is 2.32. The first-order valence-corrected chi connectivity index (χ1v) is 6.53. The molecular formula is C16H16F3NO. The summed E-state index contributed by atoms with van der Waals surface area (Å²) in [5.74, 6) is -2.91. The van der Waals surface area contributed by atoms with Crippen LogP contribution in [0.4, 0.5) is 13.2 Å². The number of hydrogen-bond donors (Lipinski definition) is 2. The van der Waals surface area contributed by atoms with Crippen LogP contribution in [0.3, 0.4) is 0 Å². The van der Waals surface area contributed by atoms with Crippen LogP contribution in [0, 0.1) is 24.4 Å². The zero-order chi connectivity index (χ0) is 15.6. The average Bonchev–Trinajstić information content (AvgIpc) is 2.45. The first kappa shape index (κ1) is 15.5. The number of halogens is 3. The monoisotopic (exact) mass is 295 g/mol.